The molecule has 4 aromatic heterocycles. The molecular weight excluding hydrogens is 1270 g/mol. The summed E-state index contributed by atoms with van der Waals surface area (Å²) in [5, 5.41) is 11.4. The number of aromatic nitrogens is 6. The van der Waals surface area contributed by atoms with Gasteiger partial charge in [0.15, 0.2) is 34.9 Å². The second-order valence-electron chi connectivity index (χ2n) is 26.0. The number of hydrogen-bond acceptors (Lipinski definition) is 8. The molecule has 8 nitrogen and oxygen atoms in total. The summed E-state index contributed by atoms with van der Waals surface area (Å²) in [6, 6.07) is 126. The van der Waals surface area contributed by atoms with Crippen LogP contribution in [0.2, 0.25) is 0 Å². The van der Waals surface area contributed by atoms with Crippen molar-refractivity contribution in [3.8, 4) is 124 Å². The number of furan rings is 2. The first-order valence-corrected chi connectivity index (χ1v) is 34.9. The Labute approximate surface area is 599 Å². The third kappa shape index (κ3) is 11.5. The number of fused-ring (bicyclic) bond motifs is 10. The van der Waals surface area contributed by atoms with E-state index in [2.05, 4.69) is 279 Å². The summed E-state index contributed by atoms with van der Waals surface area (Å²) in [5.74, 6) is 3.68. The summed E-state index contributed by atoms with van der Waals surface area (Å²) in [7, 11) is 0. The molecule has 0 aliphatic heterocycles. The van der Waals surface area contributed by atoms with Crippen molar-refractivity contribution < 1.29 is 8.83 Å². The molecule has 16 aromatic carbocycles. The van der Waals surface area contributed by atoms with Gasteiger partial charge >= 0.3 is 0 Å². The molecule has 0 saturated carbocycles. The molecule has 0 unspecified atom stereocenters. The molecule has 4 heterocycles. The minimum atomic E-state index is 0.589. The van der Waals surface area contributed by atoms with E-state index in [1.165, 1.54) is 49.4 Å². The van der Waals surface area contributed by atoms with Gasteiger partial charge in [0, 0.05) is 54.9 Å². The third-order valence-electron chi connectivity index (χ3n) is 19.7. The highest BCUT2D eigenvalue weighted by atomic mass is 16.3. The maximum absolute atomic E-state index is 6.55. The Morgan fingerprint density at radius 3 is 1.06 bits per heavy atom. The summed E-state index contributed by atoms with van der Waals surface area (Å²) in [6.45, 7) is 0. The average molecular weight is 1330 g/mol. The van der Waals surface area contributed by atoms with Gasteiger partial charge in [0.25, 0.3) is 0 Å². The normalized spacial score (nSPS) is 11.5. The van der Waals surface area contributed by atoms with Crippen LogP contribution < -0.4 is 0 Å². The highest BCUT2D eigenvalue weighted by Crippen LogP contribution is 2.43. The molecule has 0 radical (unpaired) electrons. The molecule has 0 aliphatic rings. The molecule has 0 amide bonds. The molecule has 0 atom stereocenters. The van der Waals surface area contributed by atoms with Gasteiger partial charge in [-0.2, -0.15) is 0 Å². The largest absolute Gasteiger partial charge is 0.456 e. The molecule has 0 spiro atoms. The van der Waals surface area contributed by atoms with Crippen LogP contribution in [-0.2, 0) is 0 Å². The SMILES string of the molecule is c1ccc(-c2ccc(-c3cccc4oc5cc(-c6nc(-c7ccccc7)nc(-c7cc8ccccc8c8ccccc78)n6)ccc5c34)cc2)cc1.c1ccc(-c2ccc(-c3nc(-c4ccccc4)nc(-c4ccc5c(c4)oc4cccc(-c6cccc(-c7ccc8ccccc8c7)c6)c45)n3)cc2)cc1. The van der Waals surface area contributed by atoms with Crippen molar-refractivity contribution in [1.29, 1.82) is 0 Å². The molecule has 0 aliphatic carbocycles. The third-order valence-corrected chi connectivity index (χ3v) is 19.7. The Hall–Kier alpha value is -14.1. The van der Waals surface area contributed by atoms with Crippen LogP contribution in [0.1, 0.15) is 0 Å². The fraction of sp³-hybridized carbons (Fsp3) is 0. The van der Waals surface area contributed by atoms with E-state index in [1.54, 1.807) is 0 Å². The van der Waals surface area contributed by atoms with E-state index in [1.807, 2.05) is 84.9 Å². The van der Waals surface area contributed by atoms with E-state index >= 15 is 0 Å². The van der Waals surface area contributed by atoms with Crippen LogP contribution in [0.5, 0.6) is 0 Å². The number of nitrogens with zero attached hydrogens (tertiary/aromatic N) is 6. The first kappa shape index (κ1) is 61.0. The lowest BCUT2D eigenvalue weighted by molar-refractivity contribution is 0.668. The van der Waals surface area contributed by atoms with Crippen LogP contribution in [0.4, 0.5) is 0 Å². The van der Waals surface area contributed by atoms with E-state index in [-0.39, 0.29) is 0 Å². The fourth-order valence-corrected chi connectivity index (χ4v) is 14.5. The Morgan fingerprint density at radius 1 is 0.154 bits per heavy atom. The maximum Gasteiger partial charge on any atom is 0.164 e. The van der Waals surface area contributed by atoms with Crippen LogP contribution in [0.3, 0.4) is 0 Å². The molecule has 8 heteroatoms. The summed E-state index contributed by atoms with van der Waals surface area (Å²) < 4.78 is 13.1. The van der Waals surface area contributed by atoms with Gasteiger partial charge in [0.05, 0.1) is 0 Å². The highest BCUT2D eigenvalue weighted by Gasteiger charge is 2.21. The van der Waals surface area contributed by atoms with Crippen LogP contribution in [0, 0.1) is 0 Å². The van der Waals surface area contributed by atoms with E-state index in [0.29, 0.717) is 34.9 Å². The predicted molar refractivity (Wildman–Crippen MR) is 427 cm³/mol. The number of hydrogen-bond donors (Lipinski definition) is 0. The van der Waals surface area contributed by atoms with Gasteiger partial charge in [-0.3, -0.25) is 0 Å². The monoisotopic (exact) mass is 1330 g/mol. The van der Waals surface area contributed by atoms with Gasteiger partial charge in [0.1, 0.15) is 22.3 Å². The molecule has 486 valence electrons. The van der Waals surface area contributed by atoms with Crippen LogP contribution in [0.25, 0.3) is 200 Å². The Kier molecular flexibility index (Phi) is 15.4. The fourth-order valence-electron chi connectivity index (χ4n) is 14.5. The van der Waals surface area contributed by atoms with Crippen LogP contribution in [0.15, 0.2) is 373 Å². The van der Waals surface area contributed by atoms with Gasteiger partial charge in [-0.1, -0.05) is 309 Å². The summed E-state index contributed by atoms with van der Waals surface area (Å²) in [5.41, 5.74) is 20.3. The Morgan fingerprint density at radius 2 is 0.510 bits per heavy atom. The summed E-state index contributed by atoms with van der Waals surface area (Å²) in [6.07, 6.45) is 0. The standard InChI is InChI=1S/C49H31N3O.C47H29N3O/c1-3-11-32(12-4-1)34-21-24-36(25-22-34)48-50-47(35-14-5-2-6-15-35)51-49(52-48)41-27-28-43-45(31-41)53-44-20-10-19-42(46(43)44)40-18-9-17-38(30-40)39-26-23-33-13-7-8-16-37(33)29-39;1-3-12-30(13-4-1)31-22-24-32(25-23-31)37-20-11-21-42-44(37)40-27-26-35(29-43(40)51-42)46-48-45(33-14-5-2-6-15-33)49-47(50-46)41-28-34-16-7-8-17-36(34)38-18-9-10-19-39(38)41/h1-31H;1-29H. The van der Waals surface area contributed by atoms with Crippen molar-refractivity contribution in [3.63, 3.8) is 0 Å². The molecule has 20 aromatic rings. The minimum absolute atomic E-state index is 0.589. The quantitative estimate of drug-likeness (QED) is 0.118. The van der Waals surface area contributed by atoms with Gasteiger partial charge in [0.2, 0.25) is 0 Å². The van der Waals surface area contributed by atoms with E-state index in [9.17, 15) is 0 Å². The molecular formula is C96H60N6O2. The van der Waals surface area contributed by atoms with Gasteiger partial charge in [-0.15, -0.1) is 0 Å². The van der Waals surface area contributed by atoms with E-state index in [0.717, 1.165) is 116 Å². The molecule has 0 fully saturated rings. The van der Waals surface area contributed by atoms with Crippen LogP contribution in [-0.4, -0.2) is 29.9 Å². The zero-order chi connectivity index (χ0) is 68.9. The second kappa shape index (κ2) is 26.2. The van der Waals surface area contributed by atoms with Crippen LogP contribution >= 0.6 is 0 Å². The van der Waals surface area contributed by atoms with Gasteiger partial charge in [-0.05, 0) is 143 Å². The van der Waals surface area contributed by atoms with E-state index < -0.39 is 0 Å². The van der Waals surface area contributed by atoms with Crippen molar-refractivity contribution >= 4 is 76.2 Å². The first-order valence-electron chi connectivity index (χ1n) is 34.9. The lowest BCUT2D eigenvalue weighted by atomic mass is 9.95. The van der Waals surface area contributed by atoms with Crippen molar-refractivity contribution in [2.24, 2.45) is 0 Å². The van der Waals surface area contributed by atoms with Gasteiger partial charge in [-0.25, -0.2) is 29.9 Å². The van der Waals surface area contributed by atoms with Crippen molar-refractivity contribution in [2.45, 2.75) is 0 Å². The lowest BCUT2D eigenvalue weighted by Gasteiger charge is -2.12. The predicted octanol–water partition coefficient (Wildman–Crippen LogP) is 25.3. The van der Waals surface area contributed by atoms with Crippen molar-refractivity contribution in [3.05, 3.63) is 364 Å². The summed E-state index contributed by atoms with van der Waals surface area (Å²) in [4.78, 5) is 30.2. The highest BCUT2D eigenvalue weighted by molar-refractivity contribution is 6.16. The zero-order valence-electron chi connectivity index (χ0n) is 56.1. The zero-order valence-corrected chi connectivity index (χ0v) is 56.1. The van der Waals surface area contributed by atoms with Gasteiger partial charge < -0.3 is 8.83 Å². The second-order valence-corrected chi connectivity index (χ2v) is 26.0. The molecule has 0 bridgehead atoms. The topological polar surface area (TPSA) is 104 Å². The molecule has 20 rings (SSSR count). The number of benzene rings is 16. The minimum Gasteiger partial charge on any atom is -0.456 e. The Bertz CT molecular complexity index is 6640. The molecule has 104 heavy (non-hydrogen) atoms. The lowest BCUT2D eigenvalue weighted by Crippen LogP contribution is -2.00. The summed E-state index contributed by atoms with van der Waals surface area (Å²) >= 11 is 0. The Balaban J connectivity index is 0.000000143. The maximum atomic E-state index is 6.55. The smallest absolute Gasteiger partial charge is 0.164 e. The molecule has 0 N–H and O–H groups in total. The number of rotatable bonds is 11. The molecule has 0 saturated heterocycles. The van der Waals surface area contributed by atoms with Crippen molar-refractivity contribution in [2.75, 3.05) is 0 Å². The average Bonchev–Trinajstić information content (AvgIpc) is 1.36. The first-order chi connectivity index (χ1) is 51.5. The van der Waals surface area contributed by atoms with E-state index in [4.69, 9.17) is 38.7 Å². The van der Waals surface area contributed by atoms with Crippen molar-refractivity contribution in [1.82, 2.24) is 29.9 Å².